The molecular weight excluding hydrogens is 558 g/mol. The van der Waals surface area contributed by atoms with E-state index in [1.807, 2.05) is 60.7 Å². The van der Waals surface area contributed by atoms with E-state index in [9.17, 15) is 9.59 Å². The highest BCUT2D eigenvalue weighted by Crippen LogP contribution is 2.35. The third-order valence-corrected chi connectivity index (χ3v) is 8.36. The number of nitrogens with zero attached hydrogens (tertiary/aromatic N) is 3. The lowest BCUT2D eigenvalue weighted by atomic mass is 9.93. The van der Waals surface area contributed by atoms with Crippen molar-refractivity contribution in [3.05, 3.63) is 126 Å². The summed E-state index contributed by atoms with van der Waals surface area (Å²) in [7, 11) is 0. The first-order valence-corrected chi connectivity index (χ1v) is 14.7. The fraction of sp³-hybridized carbons (Fsp3) is 0.219. The van der Waals surface area contributed by atoms with E-state index in [0.29, 0.717) is 25.6 Å². The number of ether oxygens (including phenoxy) is 2. The molecule has 0 aliphatic carbocycles. The second-order valence-corrected chi connectivity index (χ2v) is 11.1. The average molecular weight is 586 g/mol. The minimum Gasteiger partial charge on any atom is -0.463 e. The molecule has 0 saturated carbocycles. The number of thiazole rings is 1. The van der Waals surface area contributed by atoms with Crippen molar-refractivity contribution >= 4 is 46.4 Å². The molecule has 4 aromatic rings. The third kappa shape index (κ3) is 5.51. The van der Waals surface area contributed by atoms with E-state index < -0.39 is 12.0 Å². The van der Waals surface area contributed by atoms with Gasteiger partial charge in [0.1, 0.15) is 0 Å². The van der Waals surface area contributed by atoms with Crippen molar-refractivity contribution in [1.82, 2.24) is 4.57 Å². The highest BCUT2D eigenvalue weighted by molar-refractivity contribution is 7.07. The van der Waals surface area contributed by atoms with E-state index in [-0.39, 0.29) is 12.2 Å². The minimum atomic E-state index is -0.733. The molecule has 0 bridgehead atoms. The Hall–Kier alpha value is -3.98. The molecule has 0 N–H and O–H groups in total. The van der Waals surface area contributed by atoms with Crippen LogP contribution in [0.15, 0.2) is 94.2 Å². The van der Waals surface area contributed by atoms with Gasteiger partial charge in [0.15, 0.2) is 4.80 Å². The molecule has 1 saturated heterocycles. The Morgan fingerprint density at radius 3 is 2.44 bits per heavy atom. The molecule has 2 aliphatic rings. The standard InChI is InChI=1S/C32H28ClN3O4S/c1-2-40-31(38)27-28(22-6-4-3-5-7-22)34-32-36(29(27)23-10-12-24(33)13-11-23)30(37)26(41-32)20-21-8-14-25(15-9-21)35-16-18-39-19-17-35/h3-15,20,29H,2,16-19H2,1H3/b26-20+/t29-/m0/s1. The van der Waals surface area contributed by atoms with Crippen LogP contribution in [-0.2, 0) is 14.3 Å². The van der Waals surface area contributed by atoms with Crippen LogP contribution in [0.1, 0.15) is 29.7 Å². The Kier molecular flexibility index (Phi) is 7.87. The number of rotatable bonds is 6. The lowest BCUT2D eigenvalue weighted by Crippen LogP contribution is -2.40. The van der Waals surface area contributed by atoms with Crippen LogP contribution < -0.4 is 19.8 Å². The van der Waals surface area contributed by atoms with Gasteiger partial charge in [-0.2, -0.15) is 0 Å². The van der Waals surface area contributed by atoms with Gasteiger partial charge in [-0.25, -0.2) is 9.79 Å². The van der Waals surface area contributed by atoms with Crippen molar-refractivity contribution in [2.45, 2.75) is 13.0 Å². The molecule has 3 heterocycles. The molecule has 7 nitrogen and oxygen atoms in total. The molecule has 0 radical (unpaired) electrons. The number of halogens is 1. The van der Waals surface area contributed by atoms with Crippen LogP contribution in [0, 0.1) is 0 Å². The van der Waals surface area contributed by atoms with Crippen molar-refractivity contribution < 1.29 is 14.3 Å². The zero-order valence-corrected chi connectivity index (χ0v) is 24.0. The van der Waals surface area contributed by atoms with Crippen molar-refractivity contribution in [1.29, 1.82) is 0 Å². The van der Waals surface area contributed by atoms with Gasteiger partial charge in [0.05, 0.1) is 41.7 Å². The molecule has 6 rings (SSSR count). The SMILES string of the molecule is CCOC(=O)C1=C(c2ccccc2)N=c2s/c(=C/c3ccc(N4CCOCC4)cc3)c(=O)n2[C@H]1c1ccc(Cl)cc1. The summed E-state index contributed by atoms with van der Waals surface area (Å²) in [4.78, 5) is 35.2. The van der Waals surface area contributed by atoms with Gasteiger partial charge >= 0.3 is 5.97 Å². The summed E-state index contributed by atoms with van der Waals surface area (Å²) < 4.78 is 13.1. The van der Waals surface area contributed by atoms with Crippen LogP contribution in [-0.4, -0.2) is 43.4 Å². The average Bonchev–Trinajstić information content (AvgIpc) is 3.32. The largest absolute Gasteiger partial charge is 0.463 e. The Labute approximate surface area is 246 Å². The fourth-order valence-corrected chi connectivity index (χ4v) is 6.28. The minimum absolute atomic E-state index is 0.197. The van der Waals surface area contributed by atoms with Gasteiger partial charge in [0.25, 0.3) is 5.56 Å². The van der Waals surface area contributed by atoms with Gasteiger partial charge in [-0.3, -0.25) is 9.36 Å². The summed E-state index contributed by atoms with van der Waals surface area (Å²) >= 11 is 7.51. The van der Waals surface area contributed by atoms with Crippen LogP contribution >= 0.6 is 22.9 Å². The summed E-state index contributed by atoms with van der Waals surface area (Å²) in [6, 6.07) is 24.1. The van der Waals surface area contributed by atoms with E-state index >= 15 is 0 Å². The van der Waals surface area contributed by atoms with Gasteiger partial charge < -0.3 is 14.4 Å². The number of carbonyl (C=O) groups is 1. The van der Waals surface area contributed by atoms with E-state index in [2.05, 4.69) is 17.0 Å². The molecular formula is C32H28ClN3O4S. The maximum Gasteiger partial charge on any atom is 0.338 e. The predicted octanol–water partition coefficient (Wildman–Crippen LogP) is 4.43. The van der Waals surface area contributed by atoms with Crippen LogP contribution in [0.25, 0.3) is 11.8 Å². The summed E-state index contributed by atoms with van der Waals surface area (Å²) in [6.45, 7) is 5.11. The summed E-state index contributed by atoms with van der Waals surface area (Å²) in [5.41, 5.74) is 4.12. The van der Waals surface area contributed by atoms with Crippen LogP contribution in [0.4, 0.5) is 5.69 Å². The van der Waals surface area contributed by atoms with Crippen molar-refractivity contribution in [3.8, 4) is 0 Å². The number of hydrogen-bond acceptors (Lipinski definition) is 7. The maximum absolute atomic E-state index is 14.0. The molecule has 208 valence electrons. The maximum atomic E-state index is 14.0. The zero-order valence-electron chi connectivity index (χ0n) is 22.5. The molecule has 0 spiro atoms. The summed E-state index contributed by atoms with van der Waals surface area (Å²) in [5.74, 6) is -0.511. The van der Waals surface area contributed by atoms with Crippen molar-refractivity contribution in [2.75, 3.05) is 37.8 Å². The molecule has 0 unspecified atom stereocenters. The first-order chi connectivity index (χ1) is 20.0. The Bertz CT molecular complexity index is 1770. The second kappa shape index (κ2) is 11.9. The Morgan fingerprint density at radius 1 is 1.05 bits per heavy atom. The number of fused-ring (bicyclic) bond motifs is 1. The van der Waals surface area contributed by atoms with E-state index in [1.165, 1.54) is 11.3 Å². The van der Waals surface area contributed by atoms with Crippen LogP contribution in [0.3, 0.4) is 0 Å². The molecule has 9 heteroatoms. The third-order valence-electron chi connectivity index (χ3n) is 7.13. The summed E-state index contributed by atoms with van der Waals surface area (Å²) in [6.07, 6.45) is 1.88. The Balaban J connectivity index is 1.51. The molecule has 0 amide bonds. The molecule has 2 aliphatic heterocycles. The van der Waals surface area contributed by atoms with Crippen molar-refractivity contribution in [3.63, 3.8) is 0 Å². The number of benzene rings is 3. The summed E-state index contributed by atoms with van der Waals surface area (Å²) in [5, 5.41) is 0.562. The number of aromatic nitrogens is 1. The quantitative estimate of drug-likeness (QED) is 0.313. The normalized spacial score (nSPS) is 17.3. The topological polar surface area (TPSA) is 73.1 Å². The van der Waals surface area contributed by atoms with Gasteiger partial charge in [0, 0.05) is 29.4 Å². The number of morpholine rings is 1. The number of hydrogen-bond donors (Lipinski definition) is 0. The Morgan fingerprint density at radius 2 is 1.76 bits per heavy atom. The van der Waals surface area contributed by atoms with Gasteiger partial charge in [-0.05, 0) is 48.4 Å². The van der Waals surface area contributed by atoms with Crippen LogP contribution in [0.2, 0.25) is 5.02 Å². The lowest BCUT2D eigenvalue weighted by molar-refractivity contribution is -0.138. The second-order valence-electron chi connectivity index (χ2n) is 9.67. The monoisotopic (exact) mass is 585 g/mol. The molecule has 41 heavy (non-hydrogen) atoms. The lowest BCUT2D eigenvalue weighted by Gasteiger charge is -2.28. The first-order valence-electron chi connectivity index (χ1n) is 13.5. The number of anilines is 1. The number of carbonyl (C=O) groups excluding carboxylic acids is 1. The smallest absolute Gasteiger partial charge is 0.338 e. The van der Waals surface area contributed by atoms with E-state index in [1.54, 1.807) is 23.6 Å². The number of esters is 1. The highest BCUT2D eigenvalue weighted by Gasteiger charge is 2.35. The molecule has 1 atom stereocenters. The zero-order chi connectivity index (χ0) is 28.3. The highest BCUT2D eigenvalue weighted by atomic mass is 35.5. The molecule has 1 aromatic heterocycles. The van der Waals surface area contributed by atoms with Crippen LogP contribution in [0.5, 0.6) is 0 Å². The fourth-order valence-electron chi connectivity index (χ4n) is 5.16. The molecule has 3 aromatic carbocycles. The van der Waals surface area contributed by atoms with Gasteiger partial charge in [-0.15, -0.1) is 0 Å². The van der Waals surface area contributed by atoms with E-state index in [4.69, 9.17) is 26.1 Å². The van der Waals surface area contributed by atoms with Gasteiger partial charge in [-0.1, -0.05) is 77.5 Å². The first kappa shape index (κ1) is 27.2. The van der Waals surface area contributed by atoms with Gasteiger partial charge in [0.2, 0.25) is 0 Å². The predicted molar refractivity (Wildman–Crippen MR) is 162 cm³/mol. The molecule has 1 fully saturated rings. The van der Waals surface area contributed by atoms with Crippen molar-refractivity contribution in [2.24, 2.45) is 4.99 Å². The van der Waals surface area contributed by atoms with E-state index in [0.717, 1.165) is 48.7 Å².